The minimum absolute atomic E-state index is 0.00446. The lowest BCUT2D eigenvalue weighted by atomic mass is 9.88. The fraction of sp³-hybridized carbons (Fsp3) is 0.277. The number of aromatic nitrogens is 4. The molecule has 0 amide bonds. The Kier molecular flexibility index (Phi) is 15.7. The zero-order valence-electron chi connectivity index (χ0n) is 38.0. The summed E-state index contributed by atoms with van der Waals surface area (Å²) in [4.78, 5) is 38.3. The monoisotopic (exact) mass is 1020 g/mol. The predicted molar refractivity (Wildman–Crippen MR) is 251 cm³/mol. The molecule has 2 aromatic carbocycles. The van der Waals surface area contributed by atoms with Crippen LogP contribution in [-0.2, 0) is 31.6 Å². The first kappa shape index (κ1) is 54.1. The molecular weight excluding hydrogens is 986 g/mol. The van der Waals surface area contributed by atoms with E-state index in [4.69, 9.17) is 33.4 Å². The number of nitriles is 3. The Morgan fingerprint density at radius 3 is 1.96 bits per heavy atom. The van der Waals surface area contributed by atoms with E-state index in [0.717, 1.165) is 28.7 Å². The number of alkyl halides is 6. The van der Waals surface area contributed by atoms with Crippen molar-refractivity contribution in [2.45, 2.75) is 78.7 Å². The Morgan fingerprint density at radius 1 is 0.803 bits per heavy atom. The number of anilines is 2. The van der Waals surface area contributed by atoms with Gasteiger partial charge in [-0.1, -0.05) is 13.8 Å². The van der Waals surface area contributed by atoms with Gasteiger partial charge in [-0.25, -0.2) is 14.4 Å². The van der Waals surface area contributed by atoms with Crippen LogP contribution >= 0.6 is 24.4 Å². The molecule has 1 saturated heterocycles. The van der Waals surface area contributed by atoms with Crippen LogP contribution < -0.4 is 20.9 Å². The Hall–Kier alpha value is -7.84. The zero-order valence-corrected chi connectivity index (χ0v) is 39.6. The maximum Gasteiger partial charge on any atom is 0.417 e. The van der Waals surface area contributed by atoms with E-state index in [0.29, 0.717) is 11.3 Å². The second kappa shape index (κ2) is 20.6. The summed E-state index contributed by atoms with van der Waals surface area (Å²) in [7, 11) is 0. The minimum atomic E-state index is -4.78. The van der Waals surface area contributed by atoms with Gasteiger partial charge in [0.15, 0.2) is 16.6 Å². The van der Waals surface area contributed by atoms with Crippen molar-refractivity contribution in [1.29, 1.82) is 21.2 Å². The molecular formula is C47H36F9N11O2S2. The van der Waals surface area contributed by atoms with Crippen LogP contribution in [0.1, 0.15) is 80.6 Å². The van der Waals surface area contributed by atoms with Crippen LogP contribution in [0, 0.1) is 62.4 Å². The SMILES string of the molecule is CCc1c(F)nc2cc(N3C(=S)N(c4ccc(C#N)c(C(F)(F)F)c4)C(=N)C3(C)C)ccn2c1=O.CCc1nc2c(F)cc(CC(C)(C)C#N)cn2c(=O)c1F.N#Cc1ccc(N=C=S)cc1C(F)(F)F. The summed E-state index contributed by atoms with van der Waals surface area (Å²) in [6.45, 7) is 10.00. The molecule has 1 N–H and O–H groups in total. The van der Waals surface area contributed by atoms with Crippen LogP contribution in [0.4, 0.5) is 56.6 Å². The summed E-state index contributed by atoms with van der Waals surface area (Å²) < 4.78 is 122. The van der Waals surface area contributed by atoms with Crippen molar-refractivity contribution in [1.82, 2.24) is 18.8 Å². The van der Waals surface area contributed by atoms with Gasteiger partial charge < -0.3 is 4.90 Å². The Balaban J connectivity index is 0.000000220. The predicted octanol–water partition coefficient (Wildman–Crippen LogP) is 10.6. The van der Waals surface area contributed by atoms with Crippen LogP contribution in [0.2, 0.25) is 0 Å². The summed E-state index contributed by atoms with van der Waals surface area (Å²) in [5.74, 6) is -2.67. The number of nitrogens with zero attached hydrogens (tertiary/aromatic N) is 10. The molecule has 0 spiro atoms. The molecule has 5 heterocycles. The average molecular weight is 1020 g/mol. The molecule has 1 fully saturated rings. The molecule has 0 aliphatic carbocycles. The number of hydrogen-bond acceptors (Lipinski definition) is 11. The van der Waals surface area contributed by atoms with Gasteiger partial charge in [0.2, 0.25) is 11.8 Å². The van der Waals surface area contributed by atoms with Gasteiger partial charge in [0.25, 0.3) is 11.1 Å². The molecule has 0 saturated carbocycles. The molecule has 6 aromatic rings. The van der Waals surface area contributed by atoms with E-state index in [9.17, 15) is 49.1 Å². The molecule has 0 radical (unpaired) electrons. The van der Waals surface area contributed by atoms with Crippen molar-refractivity contribution in [3.8, 4) is 18.2 Å². The maximum atomic E-state index is 14.3. The molecule has 0 unspecified atom stereocenters. The Morgan fingerprint density at radius 2 is 1.41 bits per heavy atom. The van der Waals surface area contributed by atoms with Gasteiger partial charge in [0.1, 0.15) is 11.5 Å². The third-order valence-corrected chi connectivity index (χ3v) is 11.2. The number of aliphatic imine (C=N–C) groups is 1. The lowest BCUT2D eigenvalue weighted by molar-refractivity contribution is -0.138. The van der Waals surface area contributed by atoms with Gasteiger partial charge in [-0.15, -0.1) is 0 Å². The van der Waals surface area contributed by atoms with Crippen LogP contribution in [0.5, 0.6) is 0 Å². The largest absolute Gasteiger partial charge is 0.417 e. The lowest BCUT2D eigenvalue weighted by Gasteiger charge is -2.30. The fourth-order valence-corrected chi connectivity index (χ4v) is 7.84. The van der Waals surface area contributed by atoms with Crippen LogP contribution in [0.25, 0.3) is 11.3 Å². The van der Waals surface area contributed by atoms with Crippen LogP contribution in [0.3, 0.4) is 0 Å². The van der Waals surface area contributed by atoms with E-state index in [2.05, 4.69) is 33.2 Å². The van der Waals surface area contributed by atoms with Gasteiger partial charge >= 0.3 is 12.4 Å². The first-order chi connectivity index (χ1) is 33.1. The number of hydrogen-bond donors (Lipinski definition) is 1. The van der Waals surface area contributed by atoms with Crippen LogP contribution in [0.15, 0.2) is 81.6 Å². The number of rotatable bonds is 7. The highest BCUT2D eigenvalue weighted by Gasteiger charge is 2.48. The van der Waals surface area contributed by atoms with E-state index >= 15 is 0 Å². The number of isothiocyanates is 1. The van der Waals surface area contributed by atoms with Crippen LogP contribution in [-0.4, -0.2) is 40.4 Å². The summed E-state index contributed by atoms with van der Waals surface area (Å²) >= 11 is 9.83. The molecule has 1 aliphatic rings. The number of halogens is 9. The number of nitrogens with one attached hydrogen (secondary N) is 1. The first-order valence-electron chi connectivity index (χ1n) is 20.7. The van der Waals surface area contributed by atoms with Gasteiger partial charge in [-0.05, 0) is 125 Å². The topological polar surface area (TPSA) is 183 Å². The second-order valence-corrected chi connectivity index (χ2v) is 17.0. The molecule has 71 heavy (non-hydrogen) atoms. The van der Waals surface area contributed by atoms with Crippen molar-refractivity contribution < 1.29 is 39.5 Å². The van der Waals surface area contributed by atoms with E-state index in [1.807, 2.05) is 5.16 Å². The van der Waals surface area contributed by atoms with Crippen molar-refractivity contribution >= 4 is 68.9 Å². The van der Waals surface area contributed by atoms with Crippen molar-refractivity contribution in [3.05, 3.63) is 144 Å². The van der Waals surface area contributed by atoms with Gasteiger partial charge in [-0.2, -0.15) is 55.9 Å². The summed E-state index contributed by atoms with van der Waals surface area (Å²) in [5, 5.41) is 37.2. The van der Waals surface area contributed by atoms with Crippen molar-refractivity contribution in [2.24, 2.45) is 10.4 Å². The van der Waals surface area contributed by atoms with E-state index in [-0.39, 0.29) is 64.1 Å². The number of aryl methyl sites for hydroxylation is 1. The quantitative estimate of drug-likeness (QED) is 0.0695. The highest BCUT2D eigenvalue weighted by Crippen LogP contribution is 2.40. The molecule has 0 bridgehead atoms. The second-order valence-electron chi connectivity index (χ2n) is 16.5. The van der Waals surface area contributed by atoms with Gasteiger partial charge in [0, 0.05) is 24.1 Å². The number of benzene rings is 2. The third-order valence-electron chi connectivity index (χ3n) is 10.7. The standard InChI is InChI=1S/C23H18F4N6OS.C15H15F2N3O.C9H3F3N2S/c1-4-15-18(24)30-17-10-14(7-8-31(17)19(15)34)33-21(35)32(20(29)22(33,2)3)13-6-5-12(11-28)16(9-13)23(25,26)27;1-4-11-12(17)14(21)20-7-9(6-15(2,3)8-18)5-10(16)13(20)19-11;10-9(11,12)8-3-7(14-5-15)2-1-6(8)4-13/h5-10,29H,4H2,1-3H3;5,7H,4,6H2,1-3H3;1-3H. The molecule has 7 rings (SSSR count). The highest BCUT2D eigenvalue weighted by molar-refractivity contribution is 7.81. The number of thiocarbonyl (C=S) groups is 2. The smallest absolute Gasteiger partial charge is 0.305 e. The fourth-order valence-electron chi connectivity index (χ4n) is 7.21. The molecule has 24 heteroatoms. The van der Waals surface area contributed by atoms with E-state index in [1.165, 1.54) is 69.1 Å². The minimum Gasteiger partial charge on any atom is -0.305 e. The Bertz CT molecular complexity index is 3450. The first-order valence-corrected chi connectivity index (χ1v) is 21.5. The molecule has 0 atom stereocenters. The zero-order chi connectivity index (χ0) is 53.1. The highest BCUT2D eigenvalue weighted by atomic mass is 32.1. The average Bonchev–Trinajstić information content (AvgIpc) is 3.48. The summed E-state index contributed by atoms with van der Waals surface area (Å²) in [6, 6.07) is 15.5. The Labute approximate surface area is 408 Å². The van der Waals surface area contributed by atoms with Gasteiger partial charge in [0.05, 0.1) is 79.2 Å². The van der Waals surface area contributed by atoms with Crippen molar-refractivity contribution in [3.63, 3.8) is 0 Å². The summed E-state index contributed by atoms with van der Waals surface area (Å²) in [6.07, 6.45) is -5.97. The molecule has 13 nitrogen and oxygen atoms in total. The van der Waals surface area contributed by atoms with E-state index in [1.54, 1.807) is 41.5 Å². The summed E-state index contributed by atoms with van der Waals surface area (Å²) in [5.41, 5.74) is -5.92. The normalized spacial score (nSPS) is 13.4. The number of fused-ring (bicyclic) bond motifs is 2. The number of pyridine rings is 2. The molecule has 1 aliphatic heterocycles. The van der Waals surface area contributed by atoms with Gasteiger partial charge in [-0.3, -0.25) is 28.7 Å². The lowest BCUT2D eigenvalue weighted by Crippen LogP contribution is -2.44. The third kappa shape index (κ3) is 11.1. The number of amidine groups is 1. The molecule has 366 valence electrons. The maximum absolute atomic E-state index is 14.3. The molecule has 4 aromatic heterocycles. The van der Waals surface area contributed by atoms with Crippen molar-refractivity contribution in [2.75, 3.05) is 9.80 Å². The van der Waals surface area contributed by atoms with E-state index < -0.39 is 74.3 Å².